The lowest BCUT2D eigenvalue weighted by Crippen LogP contribution is -2.65. The number of hydrogen-bond acceptors (Lipinski definition) is 7. The van der Waals surface area contributed by atoms with Crippen LogP contribution in [0.25, 0.3) is 0 Å². The Balaban J connectivity index is 1.28. The Hall–Kier alpha value is -3.32. The molecule has 11 nitrogen and oxygen atoms in total. The summed E-state index contributed by atoms with van der Waals surface area (Å²) in [5.74, 6) is -0.730. The van der Waals surface area contributed by atoms with E-state index in [4.69, 9.17) is 0 Å². The third kappa shape index (κ3) is 8.14. The third-order valence-corrected chi connectivity index (χ3v) is 11.1. The van der Waals surface area contributed by atoms with Gasteiger partial charge in [0, 0.05) is 25.7 Å². The number of nitrogens with zero attached hydrogens (tertiary/aromatic N) is 2. The van der Waals surface area contributed by atoms with Gasteiger partial charge in [-0.15, -0.1) is 0 Å². The second kappa shape index (κ2) is 15.5. The molecule has 4 N–H and O–H groups in total. The highest BCUT2D eigenvalue weighted by atomic mass is 32.2. The van der Waals surface area contributed by atoms with Crippen LogP contribution in [0, 0.1) is 0 Å². The van der Waals surface area contributed by atoms with Gasteiger partial charge in [-0.2, -0.15) is 0 Å². The normalized spacial score (nSPS) is 22.7. The van der Waals surface area contributed by atoms with Crippen molar-refractivity contribution in [2.75, 3.05) is 33.2 Å². The lowest BCUT2D eigenvalue weighted by atomic mass is 9.87. The van der Waals surface area contributed by atoms with Gasteiger partial charge in [0.05, 0.1) is 17.0 Å². The van der Waals surface area contributed by atoms with Crippen molar-refractivity contribution in [2.24, 2.45) is 0 Å². The van der Waals surface area contributed by atoms with Crippen molar-refractivity contribution in [3.63, 3.8) is 0 Å². The van der Waals surface area contributed by atoms with E-state index in [1.165, 1.54) is 5.56 Å². The zero-order chi connectivity index (χ0) is 32.7. The molecule has 5 atom stereocenters. The first-order chi connectivity index (χ1) is 22.2. The van der Waals surface area contributed by atoms with E-state index in [1.807, 2.05) is 12.1 Å². The number of sulfonamides is 1. The fraction of sp³-hybridized carbons (Fsp3) is 0.559. The van der Waals surface area contributed by atoms with Gasteiger partial charge in [0.25, 0.3) is 0 Å². The molecule has 0 aromatic heterocycles. The van der Waals surface area contributed by atoms with Crippen molar-refractivity contribution in [3.8, 4) is 0 Å². The lowest BCUT2D eigenvalue weighted by Gasteiger charge is -2.44. The maximum atomic E-state index is 14.3. The van der Waals surface area contributed by atoms with Crippen LogP contribution in [0.2, 0.25) is 0 Å². The highest BCUT2D eigenvalue weighted by Gasteiger charge is 2.44. The van der Waals surface area contributed by atoms with Crippen molar-refractivity contribution in [1.29, 1.82) is 0 Å². The number of carbonyl (C=O) groups is 3. The molecule has 2 aromatic carbocycles. The van der Waals surface area contributed by atoms with Crippen LogP contribution in [0.15, 0.2) is 59.5 Å². The number of nitrogens with one attached hydrogen (secondary N) is 4. The molecule has 2 aliphatic heterocycles. The average molecular weight is 653 g/mol. The molecule has 0 saturated carbocycles. The molecular formula is C34H48N6O5S. The summed E-state index contributed by atoms with van der Waals surface area (Å²) >= 11 is 0. The molecule has 2 heterocycles. The van der Waals surface area contributed by atoms with Gasteiger partial charge in [-0.3, -0.25) is 19.3 Å². The zero-order valence-corrected chi connectivity index (χ0v) is 27.7. The topological polar surface area (TPSA) is 140 Å². The summed E-state index contributed by atoms with van der Waals surface area (Å²) in [4.78, 5) is 45.5. The largest absolute Gasteiger partial charge is 0.347 e. The van der Waals surface area contributed by atoms with Crippen LogP contribution in [0.1, 0.15) is 69.0 Å². The molecule has 0 bridgehead atoms. The minimum Gasteiger partial charge on any atom is -0.347 e. The Morgan fingerprint density at radius 3 is 2.50 bits per heavy atom. The van der Waals surface area contributed by atoms with Crippen molar-refractivity contribution < 1.29 is 22.8 Å². The Bertz CT molecular complexity index is 1470. The molecule has 0 spiro atoms. The van der Waals surface area contributed by atoms with Gasteiger partial charge >= 0.3 is 0 Å². The summed E-state index contributed by atoms with van der Waals surface area (Å²) < 4.78 is 27.9. The van der Waals surface area contributed by atoms with Crippen LogP contribution in [0.3, 0.4) is 0 Å². The van der Waals surface area contributed by atoms with Gasteiger partial charge < -0.3 is 20.9 Å². The molecule has 2 aromatic rings. The monoisotopic (exact) mass is 652 g/mol. The molecule has 2 saturated heterocycles. The van der Waals surface area contributed by atoms with E-state index in [1.54, 1.807) is 49.2 Å². The third-order valence-electron chi connectivity index (χ3n) is 9.67. The quantitative estimate of drug-likeness (QED) is 0.243. The minimum absolute atomic E-state index is 0.0997. The second-order valence-corrected chi connectivity index (χ2v) is 14.5. The zero-order valence-electron chi connectivity index (χ0n) is 26.9. The van der Waals surface area contributed by atoms with Crippen LogP contribution in [-0.2, 0) is 30.8 Å². The first-order valence-electron chi connectivity index (χ1n) is 16.6. The molecule has 3 aliphatic rings. The summed E-state index contributed by atoms with van der Waals surface area (Å²) in [5, 5.41) is 9.14. The Morgan fingerprint density at radius 2 is 1.72 bits per heavy atom. The molecule has 250 valence electrons. The molecular weight excluding hydrogens is 604 g/mol. The van der Waals surface area contributed by atoms with Crippen molar-refractivity contribution in [2.45, 2.75) is 93.4 Å². The molecule has 1 aliphatic carbocycles. The van der Waals surface area contributed by atoms with Gasteiger partial charge in [-0.1, -0.05) is 42.5 Å². The van der Waals surface area contributed by atoms with E-state index in [0.29, 0.717) is 32.4 Å². The minimum atomic E-state index is -3.64. The fourth-order valence-corrected chi connectivity index (χ4v) is 8.00. The number of hydrogen-bond donors (Lipinski definition) is 4. The van der Waals surface area contributed by atoms with Crippen molar-refractivity contribution in [1.82, 2.24) is 30.5 Å². The number of amides is 3. The van der Waals surface area contributed by atoms with Gasteiger partial charge in [0.2, 0.25) is 27.7 Å². The number of benzene rings is 2. The number of aryl methyl sites for hydroxylation is 1. The number of fused-ring (bicyclic) bond motifs is 2. The first-order valence-corrected chi connectivity index (χ1v) is 18.1. The summed E-state index contributed by atoms with van der Waals surface area (Å²) in [6.07, 6.45) is 6.12. The fourth-order valence-electron chi connectivity index (χ4n) is 6.91. The average Bonchev–Trinajstić information content (AvgIpc) is 3.54. The molecule has 0 radical (unpaired) electrons. The Labute approximate surface area is 272 Å². The van der Waals surface area contributed by atoms with E-state index >= 15 is 0 Å². The number of rotatable bonds is 13. The highest BCUT2D eigenvalue weighted by molar-refractivity contribution is 7.89. The van der Waals surface area contributed by atoms with E-state index in [-0.39, 0.29) is 41.2 Å². The standard InChI is InChI=1S/C34H48N6O5S/c1-24(35-2)32(41)38-30(18-8-9-20-36-46(44,45)27-15-4-3-5-16-27)34(43)40-22-26-14-11-21-39(26)23-31(40)33(42)37-29-19-10-13-25-12-6-7-17-28(25)29/h3-7,12,15-17,24,26,29-31,35-36H,8-11,13-14,18-23H2,1-2H3,(H,37,42)(H,38,41)/t24-,26+,29+,30-,31-/m0/s1. The maximum absolute atomic E-state index is 14.3. The van der Waals surface area contributed by atoms with Gasteiger partial charge in [0.1, 0.15) is 12.1 Å². The maximum Gasteiger partial charge on any atom is 0.245 e. The van der Waals surface area contributed by atoms with Crippen LogP contribution in [0.4, 0.5) is 0 Å². The van der Waals surface area contributed by atoms with Crippen molar-refractivity contribution >= 4 is 27.7 Å². The van der Waals surface area contributed by atoms with E-state index < -0.39 is 28.1 Å². The Morgan fingerprint density at radius 1 is 0.957 bits per heavy atom. The Kier molecular flexibility index (Phi) is 11.5. The lowest BCUT2D eigenvalue weighted by molar-refractivity contribution is -0.148. The summed E-state index contributed by atoms with van der Waals surface area (Å²) in [6.45, 7) is 3.73. The number of likely N-dealkylation sites (N-methyl/N-ethyl adjacent to an activating group) is 1. The van der Waals surface area contributed by atoms with Gasteiger partial charge in [0.15, 0.2) is 0 Å². The summed E-state index contributed by atoms with van der Waals surface area (Å²) in [7, 11) is -1.95. The highest BCUT2D eigenvalue weighted by Crippen LogP contribution is 2.31. The molecule has 2 fully saturated rings. The molecule has 0 unspecified atom stereocenters. The molecule has 3 amide bonds. The first kappa shape index (κ1) is 34.0. The predicted molar refractivity (Wildman–Crippen MR) is 176 cm³/mol. The summed E-state index contributed by atoms with van der Waals surface area (Å²) in [5.41, 5.74) is 2.40. The number of piperazine rings is 1. The van der Waals surface area contributed by atoms with Crippen molar-refractivity contribution in [3.05, 3.63) is 65.7 Å². The van der Waals surface area contributed by atoms with E-state index in [2.05, 4.69) is 37.7 Å². The van der Waals surface area contributed by atoms with Gasteiger partial charge in [-0.05, 0) is 95.1 Å². The van der Waals surface area contributed by atoms with Crippen LogP contribution in [0.5, 0.6) is 0 Å². The summed E-state index contributed by atoms with van der Waals surface area (Å²) in [6, 6.07) is 14.5. The van der Waals surface area contributed by atoms with E-state index in [9.17, 15) is 22.8 Å². The van der Waals surface area contributed by atoms with E-state index in [0.717, 1.165) is 44.2 Å². The number of carbonyl (C=O) groups excluding carboxylic acids is 3. The van der Waals surface area contributed by atoms with Crippen LogP contribution >= 0.6 is 0 Å². The number of unbranched alkanes of at least 4 members (excludes halogenated alkanes) is 1. The smallest absolute Gasteiger partial charge is 0.245 e. The van der Waals surface area contributed by atoms with Crippen LogP contribution in [-0.4, -0.2) is 93.3 Å². The van der Waals surface area contributed by atoms with Crippen LogP contribution < -0.4 is 20.7 Å². The second-order valence-electron chi connectivity index (χ2n) is 12.7. The SMILES string of the molecule is CN[C@@H](C)C(=O)N[C@@H](CCCCNS(=O)(=O)c1ccccc1)C(=O)N1C[C@H]2CCCN2C[C@H]1C(=O)N[C@@H]1CCCc2ccccc21. The predicted octanol–water partition coefficient (Wildman–Crippen LogP) is 2.10. The molecule has 5 rings (SSSR count). The van der Waals surface area contributed by atoms with Gasteiger partial charge in [-0.25, -0.2) is 13.1 Å². The molecule has 46 heavy (non-hydrogen) atoms. The molecule has 12 heteroatoms.